The van der Waals surface area contributed by atoms with Crippen molar-refractivity contribution in [2.45, 2.75) is 26.4 Å². The number of carbonyl (C=O) groups excluding carboxylic acids is 1. The zero-order chi connectivity index (χ0) is 18.8. The maximum atomic E-state index is 12.5. The number of fused-ring (bicyclic) bond motifs is 1. The van der Waals surface area contributed by atoms with Crippen molar-refractivity contribution >= 4 is 33.3 Å². The summed E-state index contributed by atoms with van der Waals surface area (Å²) in [6.07, 6.45) is 0. The average Bonchev–Trinajstić information content (AvgIpc) is 3.26. The molecule has 1 amide bonds. The van der Waals surface area contributed by atoms with E-state index in [0.29, 0.717) is 11.6 Å². The van der Waals surface area contributed by atoms with Gasteiger partial charge in [0.1, 0.15) is 43.5 Å². The van der Waals surface area contributed by atoms with Crippen LogP contribution in [0, 0.1) is 6.92 Å². The van der Waals surface area contributed by atoms with E-state index in [1.54, 1.807) is 17.4 Å². The number of aromatic nitrogens is 2. The van der Waals surface area contributed by atoms with Crippen molar-refractivity contribution in [2.75, 3.05) is 31.5 Å². The highest BCUT2D eigenvalue weighted by Gasteiger charge is 2.31. The molecule has 142 valence electrons. The number of carbonyl (C=O) groups is 1. The van der Waals surface area contributed by atoms with Crippen LogP contribution in [0.1, 0.15) is 17.7 Å². The predicted molar refractivity (Wildman–Crippen MR) is 104 cm³/mol. The Morgan fingerprint density at radius 3 is 2.78 bits per heavy atom. The normalized spacial score (nSPS) is 21.3. The highest BCUT2D eigenvalue weighted by atomic mass is 32.1. The third kappa shape index (κ3) is 4.18. The summed E-state index contributed by atoms with van der Waals surface area (Å²) in [6, 6.07) is 9.93. The second-order valence-corrected chi connectivity index (χ2v) is 8.31. The predicted octanol–water partition coefficient (Wildman–Crippen LogP) is -0.0967. The Balaban J connectivity index is 1.29. The highest BCUT2D eigenvalue weighted by molar-refractivity contribution is 7.18. The van der Waals surface area contributed by atoms with Gasteiger partial charge >= 0.3 is 0 Å². The number of aryl methyl sites for hydroxylation is 1. The van der Waals surface area contributed by atoms with Crippen LogP contribution in [0.5, 0.6) is 0 Å². The molecule has 0 radical (unpaired) electrons. The minimum Gasteiger partial charge on any atom is -0.360 e. The number of quaternary nitrogens is 2. The van der Waals surface area contributed by atoms with E-state index in [1.807, 2.05) is 19.9 Å². The molecule has 3 aromatic rings. The summed E-state index contributed by atoms with van der Waals surface area (Å²) >= 11 is 1.79. The van der Waals surface area contributed by atoms with Gasteiger partial charge in [0.25, 0.3) is 5.91 Å². The number of thiazole rings is 1. The number of para-hydroxylation sites is 1. The second kappa shape index (κ2) is 7.75. The van der Waals surface area contributed by atoms with Crippen LogP contribution >= 0.6 is 11.3 Å². The Kier molecular flexibility index (Phi) is 5.20. The fourth-order valence-electron chi connectivity index (χ4n) is 3.59. The third-order valence-corrected chi connectivity index (χ3v) is 6.26. The van der Waals surface area contributed by atoms with Crippen molar-refractivity contribution in [3.05, 3.63) is 41.1 Å². The monoisotopic (exact) mass is 387 g/mol. The lowest BCUT2D eigenvalue weighted by atomic mass is 10.2. The highest BCUT2D eigenvalue weighted by Crippen LogP contribution is 2.20. The first-order chi connectivity index (χ1) is 13.1. The van der Waals surface area contributed by atoms with E-state index in [1.165, 1.54) is 19.5 Å². The fraction of sp³-hybridized carbons (Fsp3) is 0.421. The van der Waals surface area contributed by atoms with Gasteiger partial charge in [-0.25, -0.2) is 4.98 Å². The molecular formula is C19H25N5O2S+2. The largest absolute Gasteiger partial charge is 0.360 e. The van der Waals surface area contributed by atoms with Gasteiger partial charge in [0, 0.05) is 6.07 Å². The van der Waals surface area contributed by atoms with Gasteiger partial charge in [-0.2, -0.15) is 0 Å². The van der Waals surface area contributed by atoms with E-state index in [0.717, 1.165) is 38.2 Å². The molecule has 0 aliphatic carbocycles. The number of anilines is 1. The molecule has 7 nitrogen and oxygen atoms in total. The SMILES string of the molecule is Cc1cc(NC(=O)[C@@H](C)[NH+]2CC[NH+](Cc3nc4ccccc4s3)CC2)no1. The first kappa shape index (κ1) is 18.1. The zero-order valence-electron chi connectivity index (χ0n) is 15.6. The van der Waals surface area contributed by atoms with Crippen LogP contribution in [-0.4, -0.2) is 48.3 Å². The third-order valence-electron chi connectivity index (χ3n) is 5.22. The van der Waals surface area contributed by atoms with Gasteiger partial charge in [0.15, 0.2) is 11.9 Å². The molecule has 0 unspecified atom stereocenters. The van der Waals surface area contributed by atoms with E-state index in [-0.39, 0.29) is 11.9 Å². The maximum Gasteiger partial charge on any atom is 0.283 e. The average molecular weight is 388 g/mol. The molecule has 0 spiro atoms. The summed E-state index contributed by atoms with van der Waals surface area (Å²) in [6.45, 7) is 8.81. The summed E-state index contributed by atoms with van der Waals surface area (Å²) < 4.78 is 6.26. The summed E-state index contributed by atoms with van der Waals surface area (Å²) in [7, 11) is 0. The number of hydrogen-bond donors (Lipinski definition) is 3. The van der Waals surface area contributed by atoms with Crippen molar-refractivity contribution in [2.24, 2.45) is 0 Å². The van der Waals surface area contributed by atoms with Crippen LogP contribution in [0.15, 0.2) is 34.9 Å². The quantitative estimate of drug-likeness (QED) is 0.572. The lowest BCUT2D eigenvalue weighted by Gasteiger charge is -2.32. The van der Waals surface area contributed by atoms with Gasteiger partial charge in [-0.05, 0) is 26.0 Å². The lowest BCUT2D eigenvalue weighted by Crippen LogP contribution is -3.29. The van der Waals surface area contributed by atoms with Gasteiger partial charge in [0.2, 0.25) is 0 Å². The first-order valence-electron chi connectivity index (χ1n) is 9.35. The minimum absolute atomic E-state index is 0.00655. The summed E-state index contributed by atoms with van der Waals surface area (Å²) in [4.78, 5) is 20.1. The van der Waals surface area contributed by atoms with Crippen molar-refractivity contribution in [1.82, 2.24) is 10.1 Å². The summed E-state index contributed by atoms with van der Waals surface area (Å²) in [5.74, 6) is 1.18. The lowest BCUT2D eigenvalue weighted by molar-refractivity contribution is -1.02. The van der Waals surface area contributed by atoms with Crippen LogP contribution in [0.3, 0.4) is 0 Å². The Labute approximate surface area is 162 Å². The summed E-state index contributed by atoms with van der Waals surface area (Å²) in [5, 5.41) is 7.88. The molecule has 0 bridgehead atoms. The molecule has 1 atom stereocenters. The van der Waals surface area contributed by atoms with E-state index < -0.39 is 0 Å². The van der Waals surface area contributed by atoms with Crippen LogP contribution in [0.2, 0.25) is 0 Å². The van der Waals surface area contributed by atoms with Crippen molar-refractivity contribution in [3.63, 3.8) is 0 Å². The zero-order valence-corrected chi connectivity index (χ0v) is 16.4. The maximum absolute atomic E-state index is 12.5. The number of piperazine rings is 1. The van der Waals surface area contributed by atoms with Crippen molar-refractivity contribution in [1.29, 1.82) is 0 Å². The van der Waals surface area contributed by atoms with E-state index >= 15 is 0 Å². The molecule has 1 fully saturated rings. The number of amides is 1. The van der Waals surface area contributed by atoms with Crippen LogP contribution in [0.25, 0.3) is 10.2 Å². The number of nitrogens with one attached hydrogen (secondary N) is 3. The minimum atomic E-state index is -0.106. The summed E-state index contributed by atoms with van der Waals surface area (Å²) in [5.41, 5.74) is 1.09. The van der Waals surface area contributed by atoms with Gasteiger partial charge in [-0.1, -0.05) is 17.3 Å². The molecule has 2 aromatic heterocycles. The first-order valence-corrected chi connectivity index (χ1v) is 10.2. The van der Waals surface area contributed by atoms with Crippen LogP contribution in [0.4, 0.5) is 5.82 Å². The Bertz CT molecular complexity index is 896. The molecule has 1 aliphatic rings. The molecule has 1 aliphatic heterocycles. The number of rotatable bonds is 5. The fourth-order valence-corrected chi connectivity index (χ4v) is 4.63. The number of benzene rings is 1. The van der Waals surface area contributed by atoms with Crippen molar-refractivity contribution in [3.8, 4) is 0 Å². The Hall–Kier alpha value is -2.29. The van der Waals surface area contributed by atoms with Crippen LogP contribution in [-0.2, 0) is 11.3 Å². The molecule has 0 saturated carbocycles. The smallest absolute Gasteiger partial charge is 0.283 e. The molecular weight excluding hydrogens is 362 g/mol. The van der Waals surface area contributed by atoms with Crippen LogP contribution < -0.4 is 15.1 Å². The number of nitrogens with zero attached hydrogens (tertiary/aromatic N) is 2. The molecule has 1 aromatic carbocycles. The van der Waals surface area contributed by atoms with E-state index in [9.17, 15) is 4.79 Å². The van der Waals surface area contributed by atoms with Gasteiger partial charge < -0.3 is 19.6 Å². The standard InChI is InChI=1S/C19H23N5O2S/c1-13-11-17(22-26-13)21-19(25)14(2)24-9-7-23(8-10-24)12-18-20-15-5-3-4-6-16(15)27-18/h3-6,11,14H,7-10,12H2,1-2H3,(H,21,22,25)/p+2/t14-/m1/s1. The van der Waals surface area contributed by atoms with Gasteiger partial charge in [0.05, 0.1) is 10.2 Å². The Morgan fingerprint density at radius 1 is 1.30 bits per heavy atom. The number of hydrogen-bond acceptors (Lipinski definition) is 5. The molecule has 4 rings (SSSR count). The topological polar surface area (TPSA) is 76.9 Å². The molecule has 27 heavy (non-hydrogen) atoms. The van der Waals surface area contributed by atoms with Gasteiger partial charge in [-0.3, -0.25) is 4.79 Å². The Morgan fingerprint density at radius 2 is 2.07 bits per heavy atom. The molecule has 3 heterocycles. The second-order valence-electron chi connectivity index (χ2n) is 7.19. The van der Waals surface area contributed by atoms with E-state index in [4.69, 9.17) is 9.51 Å². The van der Waals surface area contributed by atoms with Gasteiger partial charge in [-0.15, -0.1) is 11.3 Å². The molecule has 1 saturated heterocycles. The van der Waals surface area contributed by atoms with E-state index in [2.05, 4.69) is 28.7 Å². The van der Waals surface area contributed by atoms with Crippen molar-refractivity contribution < 1.29 is 19.1 Å². The molecule has 8 heteroatoms. The molecule has 3 N–H and O–H groups in total.